The molecule has 0 atom stereocenters. The lowest BCUT2D eigenvalue weighted by molar-refractivity contribution is -0.139. The summed E-state index contributed by atoms with van der Waals surface area (Å²) in [6, 6.07) is 11.6. The first-order valence-corrected chi connectivity index (χ1v) is 8.61. The first kappa shape index (κ1) is 19.1. The molecule has 1 N–H and O–H groups in total. The first-order chi connectivity index (χ1) is 13.5. The number of fused-ring (bicyclic) bond motifs is 1. The maximum Gasteiger partial charge on any atom is 0.338 e. The number of hydrogen-bond donors (Lipinski definition) is 1. The second-order valence-corrected chi connectivity index (χ2v) is 6.09. The number of phenolic OH excluding ortho intramolecular Hbond substituents is 1. The Morgan fingerprint density at radius 1 is 1.07 bits per heavy atom. The summed E-state index contributed by atoms with van der Waals surface area (Å²) in [5.41, 5.74) is 2.15. The quantitative estimate of drug-likeness (QED) is 0.381. The highest BCUT2D eigenvalue weighted by atomic mass is 16.5. The molecule has 2 aromatic carbocycles. The number of nitrogens with zero attached hydrogens (tertiary/aromatic N) is 3. The highest BCUT2D eigenvalue weighted by molar-refractivity contribution is 5.90. The van der Waals surface area contributed by atoms with Gasteiger partial charge in [-0.1, -0.05) is 18.7 Å². The number of aromatic hydroxyl groups is 1. The van der Waals surface area contributed by atoms with Crippen molar-refractivity contribution in [3.63, 3.8) is 0 Å². The van der Waals surface area contributed by atoms with E-state index in [0.717, 1.165) is 0 Å². The maximum atomic E-state index is 12.2. The summed E-state index contributed by atoms with van der Waals surface area (Å²) in [6.07, 6.45) is 0.363. The van der Waals surface area contributed by atoms with Gasteiger partial charge in [0.05, 0.1) is 18.8 Å². The standard InChI is InChI=1S/C20H19N3O5/c1-13(2)19(25)27-10-5-11-28-20(26)14-8-9-18(24)17(12-14)23-21-15-6-3-4-7-16(15)22-23/h3-4,6-9,12,24H,1,5,10-11H2,2H3. The summed E-state index contributed by atoms with van der Waals surface area (Å²) in [4.78, 5) is 24.8. The van der Waals surface area contributed by atoms with E-state index in [1.54, 1.807) is 19.1 Å². The fraction of sp³-hybridized carbons (Fsp3) is 0.200. The summed E-state index contributed by atoms with van der Waals surface area (Å²) in [7, 11) is 0. The third-order valence-electron chi connectivity index (χ3n) is 3.82. The molecular formula is C20H19N3O5. The van der Waals surface area contributed by atoms with Crippen molar-refractivity contribution in [2.24, 2.45) is 0 Å². The molecular weight excluding hydrogens is 362 g/mol. The predicted octanol–water partition coefficient (Wildman–Crippen LogP) is 2.79. The number of benzene rings is 2. The van der Waals surface area contributed by atoms with E-state index in [1.807, 2.05) is 12.1 Å². The molecule has 0 amide bonds. The number of hydrogen-bond acceptors (Lipinski definition) is 7. The number of rotatable bonds is 7. The molecule has 0 spiro atoms. The minimum absolute atomic E-state index is 0.0661. The molecule has 0 aliphatic heterocycles. The molecule has 0 saturated heterocycles. The van der Waals surface area contributed by atoms with Gasteiger partial charge in [-0.25, -0.2) is 9.59 Å². The van der Waals surface area contributed by atoms with E-state index in [-0.39, 0.29) is 30.2 Å². The molecule has 144 valence electrons. The topological polar surface area (TPSA) is 104 Å². The SMILES string of the molecule is C=C(C)C(=O)OCCCOC(=O)c1ccc(O)c(-n2nc3ccccc3n2)c1. The average molecular weight is 381 g/mol. The lowest BCUT2D eigenvalue weighted by atomic mass is 10.2. The van der Waals surface area contributed by atoms with Crippen molar-refractivity contribution in [3.8, 4) is 11.4 Å². The molecule has 0 fully saturated rings. The third kappa shape index (κ3) is 4.35. The van der Waals surface area contributed by atoms with Gasteiger partial charge in [-0.15, -0.1) is 15.0 Å². The van der Waals surface area contributed by atoms with Gasteiger partial charge in [0.1, 0.15) is 22.5 Å². The Morgan fingerprint density at radius 3 is 2.36 bits per heavy atom. The lowest BCUT2D eigenvalue weighted by Gasteiger charge is -2.08. The van der Waals surface area contributed by atoms with Crippen LogP contribution < -0.4 is 0 Å². The van der Waals surface area contributed by atoms with Gasteiger partial charge in [0.2, 0.25) is 0 Å². The number of phenols is 1. The van der Waals surface area contributed by atoms with Crippen molar-refractivity contribution in [3.05, 3.63) is 60.2 Å². The van der Waals surface area contributed by atoms with Crippen LogP contribution in [0.15, 0.2) is 54.6 Å². The second-order valence-electron chi connectivity index (χ2n) is 6.09. The highest BCUT2D eigenvalue weighted by Gasteiger charge is 2.14. The van der Waals surface area contributed by atoms with Crippen LogP contribution >= 0.6 is 0 Å². The van der Waals surface area contributed by atoms with Crippen molar-refractivity contribution < 1.29 is 24.2 Å². The van der Waals surface area contributed by atoms with E-state index in [1.165, 1.54) is 23.0 Å². The summed E-state index contributed by atoms with van der Waals surface area (Å²) < 4.78 is 10.1. The van der Waals surface area contributed by atoms with Crippen LogP contribution in [0, 0.1) is 0 Å². The molecule has 0 radical (unpaired) electrons. The fourth-order valence-corrected chi connectivity index (χ4v) is 2.37. The number of ether oxygens (including phenoxy) is 2. The van der Waals surface area contributed by atoms with E-state index in [9.17, 15) is 14.7 Å². The Kier molecular flexibility index (Phi) is 5.69. The lowest BCUT2D eigenvalue weighted by Crippen LogP contribution is -2.11. The Hall–Kier alpha value is -3.68. The van der Waals surface area contributed by atoms with Gasteiger partial charge in [0, 0.05) is 12.0 Å². The molecule has 8 heteroatoms. The molecule has 0 saturated carbocycles. The number of carbonyl (C=O) groups excluding carboxylic acids is 2. The van der Waals surface area contributed by atoms with E-state index in [0.29, 0.717) is 23.0 Å². The minimum atomic E-state index is -0.566. The van der Waals surface area contributed by atoms with Gasteiger partial charge < -0.3 is 14.6 Å². The molecule has 0 unspecified atom stereocenters. The molecule has 0 aliphatic rings. The zero-order valence-electron chi connectivity index (χ0n) is 15.3. The van der Waals surface area contributed by atoms with Crippen molar-refractivity contribution in [2.45, 2.75) is 13.3 Å². The summed E-state index contributed by atoms with van der Waals surface area (Å²) in [6.45, 7) is 5.26. The van der Waals surface area contributed by atoms with E-state index < -0.39 is 11.9 Å². The molecule has 3 rings (SSSR count). The predicted molar refractivity (Wildman–Crippen MR) is 101 cm³/mol. The fourth-order valence-electron chi connectivity index (χ4n) is 2.37. The first-order valence-electron chi connectivity index (χ1n) is 8.61. The number of aromatic nitrogens is 3. The maximum absolute atomic E-state index is 12.2. The zero-order valence-corrected chi connectivity index (χ0v) is 15.3. The molecule has 0 bridgehead atoms. The van der Waals surface area contributed by atoms with Crippen LogP contribution in [0.1, 0.15) is 23.7 Å². The van der Waals surface area contributed by atoms with Crippen LogP contribution in [-0.2, 0) is 14.3 Å². The molecule has 3 aromatic rings. The smallest absolute Gasteiger partial charge is 0.338 e. The minimum Gasteiger partial charge on any atom is -0.506 e. The molecule has 1 heterocycles. The monoisotopic (exact) mass is 381 g/mol. The van der Waals surface area contributed by atoms with E-state index >= 15 is 0 Å². The zero-order chi connectivity index (χ0) is 20.1. The largest absolute Gasteiger partial charge is 0.506 e. The highest BCUT2D eigenvalue weighted by Crippen LogP contribution is 2.23. The summed E-state index contributed by atoms with van der Waals surface area (Å²) in [5.74, 6) is -1.11. The van der Waals surface area contributed by atoms with Crippen LogP contribution in [0.4, 0.5) is 0 Å². The molecule has 1 aromatic heterocycles. The molecule has 0 aliphatic carbocycles. The van der Waals surface area contributed by atoms with Crippen LogP contribution in [0.5, 0.6) is 5.75 Å². The van der Waals surface area contributed by atoms with Crippen LogP contribution in [-0.4, -0.2) is 45.3 Å². The number of esters is 2. The van der Waals surface area contributed by atoms with Gasteiger partial charge in [-0.2, -0.15) is 0 Å². The van der Waals surface area contributed by atoms with Gasteiger partial charge >= 0.3 is 11.9 Å². The Balaban J connectivity index is 1.65. The van der Waals surface area contributed by atoms with E-state index in [4.69, 9.17) is 9.47 Å². The van der Waals surface area contributed by atoms with Crippen LogP contribution in [0.2, 0.25) is 0 Å². The molecule has 8 nitrogen and oxygen atoms in total. The van der Waals surface area contributed by atoms with E-state index in [2.05, 4.69) is 16.8 Å². The van der Waals surface area contributed by atoms with Crippen LogP contribution in [0.25, 0.3) is 16.7 Å². The normalized spacial score (nSPS) is 10.6. The van der Waals surface area contributed by atoms with Gasteiger partial charge in [0.25, 0.3) is 0 Å². The van der Waals surface area contributed by atoms with Crippen LogP contribution in [0.3, 0.4) is 0 Å². The second kappa shape index (κ2) is 8.34. The average Bonchev–Trinajstić information content (AvgIpc) is 3.11. The van der Waals surface area contributed by atoms with Crippen molar-refractivity contribution in [1.29, 1.82) is 0 Å². The van der Waals surface area contributed by atoms with Gasteiger partial charge in [0.15, 0.2) is 0 Å². The van der Waals surface area contributed by atoms with Crippen molar-refractivity contribution >= 4 is 23.0 Å². The third-order valence-corrected chi connectivity index (χ3v) is 3.82. The van der Waals surface area contributed by atoms with Crippen molar-refractivity contribution in [1.82, 2.24) is 15.0 Å². The van der Waals surface area contributed by atoms with Gasteiger partial charge in [-0.05, 0) is 37.3 Å². The Morgan fingerprint density at radius 2 is 1.71 bits per heavy atom. The molecule has 28 heavy (non-hydrogen) atoms. The Bertz CT molecular complexity index is 1010. The summed E-state index contributed by atoms with van der Waals surface area (Å²) >= 11 is 0. The summed E-state index contributed by atoms with van der Waals surface area (Å²) in [5, 5.41) is 18.7. The van der Waals surface area contributed by atoms with Crippen molar-refractivity contribution in [2.75, 3.05) is 13.2 Å². The number of carbonyl (C=O) groups is 2. The Labute approximate surface area is 161 Å². The van der Waals surface area contributed by atoms with Gasteiger partial charge in [-0.3, -0.25) is 0 Å².